The molecule has 0 unspecified atom stereocenters. The maximum Gasteiger partial charge on any atom is 0.503 e. The van der Waals surface area contributed by atoms with Gasteiger partial charge in [-0.05, 0) is 24.8 Å². The maximum atomic E-state index is 11.0. The number of carbonyl (C=O) groups excluding carboxylic acids is 1. The van der Waals surface area contributed by atoms with Gasteiger partial charge in [0.1, 0.15) is 0 Å². The highest BCUT2D eigenvalue weighted by atomic mass is 16.6. The topological polar surface area (TPSA) is 145 Å². The van der Waals surface area contributed by atoms with Gasteiger partial charge in [0.25, 0.3) is 0 Å². The van der Waals surface area contributed by atoms with Crippen molar-refractivity contribution in [2.75, 3.05) is 0 Å². The zero-order valence-electron chi connectivity index (χ0n) is 10.1. The van der Waals surface area contributed by atoms with E-state index in [2.05, 4.69) is 13.8 Å². The molecule has 0 aromatic rings. The molecule has 1 rings (SSSR count). The van der Waals surface area contributed by atoms with E-state index in [1.807, 2.05) is 6.92 Å². The van der Waals surface area contributed by atoms with Crippen molar-refractivity contribution in [3.8, 4) is 0 Å². The van der Waals surface area contributed by atoms with Crippen LogP contribution < -0.4 is 12.3 Å². The predicted molar refractivity (Wildman–Crippen MR) is 62.5 cm³/mol. The molecule has 0 aromatic heterocycles. The Morgan fingerprint density at radius 2 is 1.62 bits per heavy atom. The maximum absolute atomic E-state index is 11.0. The summed E-state index contributed by atoms with van der Waals surface area (Å²) in [6.45, 7) is 6.31. The molecular formula is C10H22N2O4. The predicted octanol–water partition coefficient (Wildman–Crippen LogP) is 2.87. The smallest absolute Gasteiger partial charge is 0.450 e. The lowest BCUT2D eigenvalue weighted by molar-refractivity contribution is -0.117. The Hall–Kier alpha value is -1.40. The zero-order chi connectivity index (χ0) is 11.4. The Labute approximate surface area is 95.5 Å². The van der Waals surface area contributed by atoms with Crippen LogP contribution in [-0.4, -0.2) is 22.2 Å². The molecule has 0 amide bonds. The van der Waals surface area contributed by atoms with Crippen LogP contribution in [0, 0.1) is 5.41 Å². The normalized spacial score (nSPS) is 16.7. The minimum atomic E-state index is -1.83. The highest BCUT2D eigenvalue weighted by Crippen LogP contribution is 2.32. The molecule has 0 atom stereocenters. The van der Waals surface area contributed by atoms with Crippen LogP contribution in [0.3, 0.4) is 0 Å². The third-order valence-corrected chi connectivity index (χ3v) is 1.82. The van der Waals surface area contributed by atoms with Crippen LogP contribution in [0.1, 0.15) is 33.6 Å². The van der Waals surface area contributed by atoms with E-state index in [-0.39, 0.29) is 23.5 Å². The summed E-state index contributed by atoms with van der Waals surface area (Å²) in [5.41, 5.74) is 1.43. The Morgan fingerprint density at radius 3 is 1.88 bits per heavy atom. The summed E-state index contributed by atoms with van der Waals surface area (Å²) < 4.78 is 0. The molecule has 8 N–H and O–H groups in total. The van der Waals surface area contributed by atoms with Crippen molar-refractivity contribution >= 4 is 11.9 Å². The Balaban J connectivity index is -0.000000249. The first-order chi connectivity index (χ1) is 6.23. The van der Waals surface area contributed by atoms with Crippen LogP contribution in [0.2, 0.25) is 0 Å². The molecule has 0 heterocycles. The average molecular weight is 234 g/mol. The van der Waals surface area contributed by atoms with Crippen LogP contribution >= 0.6 is 0 Å². The molecule has 0 saturated carbocycles. The van der Waals surface area contributed by atoms with Gasteiger partial charge in [0.15, 0.2) is 5.78 Å². The van der Waals surface area contributed by atoms with Gasteiger partial charge in [-0.15, -0.1) is 0 Å². The van der Waals surface area contributed by atoms with Gasteiger partial charge in [0.05, 0.1) is 0 Å². The minimum absolute atomic E-state index is 0. The van der Waals surface area contributed by atoms with E-state index in [1.54, 1.807) is 6.08 Å². The van der Waals surface area contributed by atoms with Crippen LogP contribution in [-0.2, 0) is 4.79 Å². The van der Waals surface area contributed by atoms with Crippen molar-refractivity contribution in [2.24, 2.45) is 5.41 Å². The number of carbonyl (C=O) groups is 2. The molecule has 0 saturated heterocycles. The molecule has 1 aliphatic rings. The van der Waals surface area contributed by atoms with Gasteiger partial charge in [-0.2, -0.15) is 0 Å². The van der Waals surface area contributed by atoms with Crippen LogP contribution in [0.4, 0.5) is 4.79 Å². The first kappa shape index (κ1) is 20.1. The molecule has 1 aliphatic carbocycles. The lowest BCUT2D eigenvalue weighted by Gasteiger charge is -2.27. The fourth-order valence-electron chi connectivity index (χ4n) is 1.67. The second-order valence-electron chi connectivity index (χ2n) is 4.26. The number of rotatable bonds is 0. The van der Waals surface area contributed by atoms with Gasteiger partial charge in [-0.3, -0.25) is 4.79 Å². The van der Waals surface area contributed by atoms with Crippen molar-refractivity contribution in [2.45, 2.75) is 33.6 Å². The number of allylic oxidation sites excluding steroid dienone is 2. The second-order valence-corrected chi connectivity index (χ2v) is 4.26. The molecule has 0 spiro atoms. The fraction of sp³-hybridized carbons (Fsp3) is 0.600. The van der Waals surface area contributed by atoms with Crippen LogP contribution in [0.5, 0.6) is 0 Å². The van der Waals surface area contributed by atoms with Gasteiger partial charge < -0.3 is 22.5 Å². The van der Waals surface area contributed by atoms with Gasteiger partial charge >= 0.3 is 6.16 Å². The van der Waals surface area contributed by atoms with Crippen LogP contribution in [0.15, 0.2) is 11.6 Å². The number of hydrogen-bond donors (Lipinski definition) is 4. The molecule has 16 heavy (non-hydrogen) atoms. The van der Waals surface area contributed by atoms with Gasteiger partial charge in [0.2, 0.25) is 0 Å². The van der Waals surface area contributed by atoms with E-state index >= 15 is 0 Å². The lowest BCUT2D eigenvalue weighted by Crippen LogP contribution is -2.20. The summed E-state index contributed by atoms with van der Waals surface area (Å²) in [4.78, 5) is 19.6. The molecular weight excluding hydrogens is 212 g/mol. The van der Waals surface area contributed by atoms with Crippen molar-refractivity contribution in [3.63, 3.8) is 0 Å². The fourth-order valence-corrected chi connectivity index (χ4v) is 1.67. The van der Waals surface area contributed by atoms with E-state index < -0.39 is 6.16 Å². The van der Waals surface area contributed by atoms with Gasteiger partial charge in [-0.1, -0.05) is 19.4 Å². The van der Waals surface area contributed by atoms with E-state index in [4.69, 9.17) is 15.0 Å². The van der Waals surface area contributed by atoms with E-state index in [0.717, 1.165) is 6.42 Å². The number of carboxylic acid groups (broad SMARTS) is 2. The third kappa shape index (κ3) is 10.7. The highest BCUT2D eigenvalue weighted by Gasteiger charge is 2.25. The van der Waals surface area contributed by atoms with E-state index in [9.17, 15) is 4.79 Å². The van der Waals surface area contributed by atoms with Crippen molar-refractivity contribution < 1.29 is 19.8 Å². The SMILES string of the molecule is CC1=CC(=O)CC(C)(C)C1.N.N.O=C(O)O. The zero-order valence-corrected chi connectivity index (χ0v) is 10.1. The molecule has 0 bridgehead atoms. The average Bonchev–Trinajstić information content (AvgIpc) is 1.76. The molecule has 0 fully saturated rings. The summed E-state index contributed by atoms with van der Waals surface area (Å²) in [6.07, 6.45) is 1.72. The first-order valence-electron chi connectivity index (χ1n) is 4.35. The van der Waals surface area contributed by atoms with E-state index in [0.29, 0.717) is 6.42 Å². The summed E-state index contributed by atoms with van der Waals surface area (Å²) in [6, 6.07) is 0. The van der Waals surface area contributed by atoms with Crippen molar-refractivity contribution in [1.82, 2.24) is 12.3 Å². The summed E-state index contributed by atoms with van der Waals surface area (Å²) in [5.74, 6) is 0.286. The molecule has 0 aromatic carbocycles. The Kier molecular flexibility index (Phi) is 9.83. The molecule has 96 valence electrons. The first-order valence-corrected chi connectivity index (χ1v) is 4.35. The van der Waals surface area contributed by atoms with Crippen LogP contribution in [0.25, 0.3) is 0 Å². The third-order valence-electron chi connectivity index (χ3n) is 1.82. The van der Waals surface area contributed by atoms with Gasteiger partial charge in [-0.25, -0.2) is 4.79 Å². The summed E-state index contributed by atoms with van der Waals surface area (Å²) >= 11 is 0. The van der Waals surface area contributed by atoms with E-state index in [1.165, 1.54) is 5.57 Å². The lowest BCUT2D eigenvalue weighted by atomic mass is 9.77. The summed E-state index contributed by atoms with van der Waals surface area (Å²) in [7, 11) is 0. The number of ketones is 1. The molecule has 0 radical (unpaired) electrons. The van der Waals surface area contributed by atoms with Crippen molar-refractivity contribution in [1.29, 1.82) is 0 Å². The summed E-state index contributed by atoms with van der Waals surface area (Å²) in [5, 5.41) is 13.9. The quantitative estimate of drug-likeness (QED) is 0.507. The minimum Gasteiger partial charge on any atom is -0.450 e. The standard InChI is InChI=1S/C9H14O.CH2O3.2H3N/c1-7-4-8(10)6-9(2,3)5-7;2-1(3)4;;/h4H,5-6H2,1-3H3;(H2,2,3,4);2*1H3. The molecule has 6 heteroatoms. The Bertz CT molecular complexity index is 268. The Morgan fingerprint density at radius 1 is 1.25 bits per heavy atom. The largest absolute Gasteiger partial charge is 0.503 e. The highest BCUT2D eigenvalue weighted by molar-refractivity contribution is 5.91. The van der Waals surface area contributed by atoms with Crippen molar-refractivity contribution in [3.05, 3.63) is 11.6 Å². The second kappa shape index (κ2) is 7.84. The monoisotopic (exact) mass is 234 g/mol. The number of hydrogen-bond acceptors (Lipinski definition) is 4. The van der Waals surface area contributed by atoms with Gasteiger partial charge in [0, 0.05) is 6.42 Å². The molecule has 0 aliphatic heterocycles. The molecule has 6 nitrogen and oxygen atoms in total.